The monoisotopic (exact) mass is 273 g/mol. The van der Waals surface area contributed by atoms with Crippen LogP contribution in [0.15, 0.2) is 18.7 Å². The van der Waals surface area contributed by atoms with E-state index in [1.165, 1.54) is 25.7 Å². The van der Waals surface area contributed by atoms with E-state index < -0.39 is 0 Å². The van der Waals surface area contributed by atoms with Crippen molar-refractivity contribution in [1.29, 1.82) is 0 Å². The van der Waals surface area contributed by atoms with Crippen molar-refractivity contribution < 1.29 is 0 Å². The van der Waals surface area contributed by atoms with E-state index in [0.717, 1.165) is 0 Å². The minimum atomic E-state index is 0.526. The van der Waals surface area contributed by atoms with Gasteiger partial charge in [-0.3, -0.25) is 4.57 Å². The summed E-state index contributed by atoms with van der Waals surface area (Å²) in [5, 5.41) is 2.99. The third-order valence-corrected chi connectivity index (χ3v) is 3.76. The molecule has 0 aliphatic heterocycles. The smallest absolute Gasteiger partial charge is 0.241 e. The highest BCUT2D eigenvalue weighted by Crippen LogP contribution is 2.25. The molecule has 1 saturated carbocycles. The first-order valence-corrected chi connectivity index (χ1v) is 6.93. The van der Waals surface area contributed by atoms with Crippen molar-refractivity contribution in [3.05, 3.63) is 18.7 Å². The zero-order valence-electron chi connectivity index (χ0n) is 11.8. The van der Waals surface area contributed by atoms with Crippen LogP contribution in [-0.4, -0.2) is 44.6 Å². The summed E-state index contributed by atoms with van der Waals surface area (Å²) in [6, 6.07) is 0.526. The summed E-state index contributed by atoms with van der Waals surface area (Å²) in [5.74, 6) is 1.87. The average molecular weight is 273 g/mol. The largest absolute Gasteiger partial charge is 0.357 e. The SMILES string of the molecule is CNc1nc(N(C)C2CCCC2)nc(-n2ccnc2)n1. The van der Waals surface area contributed by atoms with E-state index in [0.29, 0.717) is 23.9 Å². The Morgan fingerprint density at radius 2 is 2.05 bits per heavy atom. The molecule has 0 unspecified atom stereocenters. The van der Waals surface area contributed by atoms with Gasteiger partial charge in [-0.15, -0.1) is 0 Å². The fourth-order valence-corrected chi connectivity index (χ4v) is 2.57. The topological polar surface area (TPSA) is 71.8 Å². The second-order valence-electron chi connectivity index (χ2n) is 5.03. The maximum atomic E-state index is 4.56. The van der Waals surface area contributed by atoms with Crippen LogP contribution in [0.1, 0.15) is 25.7 Å². The summed E-state index contributed by atoms with van der Waals surface area (Å²) < 4.78 is 1.79. The van der Waals surface area contributed by atoms with Crippen LogP contribution in [0.3, 0.4) is 0 Å². The fraction of sp³-hybridized carbons (Fsp3) is 0.538. The Hall–Kier alpha value is -2.18. The molecule has 0 atom stereocenters. The Kier molecular flexibility index (Phi) is 3.49. The van der Waals surface area contributed by atoms with Crippen LogP contribution in [0.2, 0.25) is 0 Å². The molecule has 2 aromatic rings. The molecule has 0 bridgehead atoms. The molecule has 1 aliphatic carbocycles. The molecule has 0 amide bonds. The van der Waals surface area contributed by atoms with E-state index in [1.807, 2.05) is 13.2 Å². The summed E-state index contributed by atoms with van der Waals surface area (Å²) >= 11 is 0. The summed E-state index contributed by atoms with van der Waals surface area (Å²) in [5.41, 5.74) is 0. The normalized spacial score (nSPS) is 15.5. The van der Waals surface area contributed by atoms with E-state index in [4.69, 9.17) is 0 Å². The molecule has 0 aromatic carbocycles. The number of imidazole rings is 1. The first-order valence-electron chi connectivity index (χ1n) is 6.93. The van der Waals surface area contributed by atoms with Crippen LogP contribution in [0.25, 0.3) is 5.95 Å². The van der Waals surface area contributed by atoms with Gasteiger partial charge in [-0.25, -0.2) is 4.98 Å². The molecule has 0 spiro atoms. The quantitative estimate of drug-likeness (QED) is 0.909. The van der Waals surface area contributed by atoms with Crippen LogP contribution in [0, 0.1) is 0 Å². The Labute approximate surface area is 118 Å². The lowest BCUT2D eigenvalue weighted by Crippen LogP contribution is -2.31. The number of rotatable bonds is 4. The summed E-state index contributed by atoms with van der Waals surface area (Å²) in [6.07, 6.45) is 10.2. The van der Waals surface area contributed by atoms with Gasteiger partial charge < -0.3 is 10.2 Å². The molecule has 7 nitrogen and oxygen atoms in total. The molecule has 106 valence electrons. The third-order valence-electron chi connectivity index (χ3n) is 3.76. The molecule has 2 heterocycles. The Balaban J connectivity index is 1.95. The van der Waals surface area contributed by atoms with Gasteiger partial charge in [0.2, 0.25) is 17.8 Å². The van der Waals surface area contributed by atoms with Gasteiger partial charge in [0.05, 0.1) is 0 Å². The van der Waals surface area contributed by atoms with Gasteiger partial charge in [0.25, 0.3) is 0 Å². The van der Waals surface area contributed by atoms with Crippen molar-refractivity contribution in [3.63, 3.8) is 0 Å². The second-order valence-corrected chi connectivity index (χ2v) is 5.03. The van der Waals surface area contributed by atoms with Crippen LogP contribution < -0.4 is 10.2 Å². The molecule has 0 radical (unpaired) electrons. The van der Waals surface area contributed by atoms with Crippen molar-refractivity contribution in [2.24, 2.45) is 0 Å². The molecule has 20 heavy (non-hydrogen) atoms. The fourth-order valence-electron chi connectivity index (χ4n) is 2.57. The van der Waals surface area contributed by atoms with Crippen molar-refractivity contribution in [3.8, 4) is 5.95 Å². The standard InChI is InChI=1S/C13H19N7/c1-14-11-16-12(19(2)10-5-3-4-6-10)18-13(17-11)20-8-7-15-9-20/h7-10H,3-6H2,1-2H3,(H,14,16,17,18). The molecule has 1 N–H and O–H groups in total. The molecular weight excluding hydrogens is 254 g/mol. The molecule has 7 heteroatoms. The highest BCUT2D eigenvalue weighted by molar-refractivity contribution is 5.40. The molecule has 1 aliphatic rings. The van der Waals surface area contributed by atoms with E-state index in [2.05, 4.69) is 37.2 Å². The predicted molar refractivity (Wildman–Crippen MR) is 77.2 cm³/mol. The number of anilines is 2. The first-order chi connectivity index (χ1) is 9.78. The van der Waals surface area contributed by atoms with Gasteiger partial charge in [-0.05, 0) is 12.8 Å². The average Bonchev–Trinajstić information content (AvgIpc) is 3.18. The van der Waals surface area contributed by atoms with Gasteiger partial charge in [-0.2, -0.15) is 15.0 Å². The minimum absolute atomic E-state index is 0.526. The van der Waals surface area contributed by atoms with Gasteiger partial charge in [-0.1, -0.05) is 12.8 Å². The molecule has 2 aromatic heterocycles. The molecule has 1 fully saturated rings. The Morgan fingerprint density at radius 3 is 2.70 bits per heavy atom. The van der Waals surface area contributed by atoms with Crippen molar-refractivity contribution >= 4 is 11.9 Å². The van der Waals surface area contributed by atoms with Gasteiger partial charge in [0.1, 0.15) is 6.33 Å². The van der Waals surface area contributed by atoms with Gasteiger partial charge in [0.15, 0.2) is 0 Å². The molecular formula is C13H19N7. The second kappa shape index (κ2) is 5.44. The maximum Gasteiger partial charge on any atom is 0.241 e. The van der Waals surface area contributed by atoms with Crippen LogP contribution in [0.4, 0.5) is 11.9 Å². The van der Waals surface area contributed by atoms with E-state index in [1.54, 1.807) is 17.1 Å². The maximum absolute atomic E-state index is 4.56. The van der Waals surface area contributed by atoms with Crippen molar-refractivity contribution in [2.45, 2.75) is 31.7 Å². The van der Waals surface area contributed by atoms with E-state index in [-0.39, 0.29) is 0 Å². The number of hydrogen-bond acceptors (Lipinski definition) is 6. The zero-order valence-corrected chi connectivity index (χ0v) is 11.8. The lowest BCUT2D eigenvalue weighted by molar-refractivity contribution is 0.635. The van der Waals surface area contributed by atoms with Gasteiger partial charge in [0, 0.05) is 32.5 Å². The summed E-state index contributed by atoms with van der Waals surface area (Å²) in [6.45, 7) is 0. The highest BCUT2D eigenvalue weighted by Gasteiger charge is 2.22. The number of nitrogens with one attached hydrogen (secondary N) is 1. The van der Waals surface area contributed by atoms with Crippen LogP contribution in [-0.2, 0) is 0 Å². The zero-order chi connectivity index (χ0) is 13.9. The summed E-state index contributed by atoms with van der Waals surface area (Å²) in [4.78, 5) is 19.6. The third kappa shape index (κ3) is 2.43. The van der Waals surface area contributed by atoms with Gasteiger partial charge >= 0.3 is 0 Å². The predicted octanol–water partition coefficient (Wildman–Crippen LogP) is 1.48. The minimum Gasteiger partial charge on any atom is -0.357 e. The lowest BCUT2D eigenvalue weighted by Gasteiger charge is -2.24. The van der Waals surface area contributed by atoms with E-state index in [9.17, 15) is 0 Å². The van der Waals surface area contributed by atoms with Crippen LogP contribution >= 0.6 is 0 Å². The molecule has 3 rings (SSSR count). The van der Waals surface area contributed by atoms with E-state index >= 15 is 0 Å². The highest BCUT2D eigenvalue weighted by atomic mass is 15.3. The number of nitrogens with zero attached hydrogens (tertiary/aromatic N) is 6. The van der Waals surface area contributed by atoms with Crippen LogP contribution in [0.5, 0.6) is 0 Å². The Morgan fingerprint density at radius 1 is 1.25 bits per heavy atom. The summed E-state index contributed by atoms with van der Waals surface area (Å²) in [7, 11) is 3.87. The lowest BCUT2D eigenvalue weighted by atomic mass is 10.2. The Bertz CT molecular complexity index is 560. The van der Waals surface area contributed by atoms with Crippen molar-refractivity contribution in [2.75, 3.05) is 24.3 Å². The number of aromatic nitrogens is 5. The number of hydrogen-bond donors (Lipinski definition) is 1. The van der Waals surface area contributed by atoms with Crippen molar-refractivity contribution in [1.82, 2.24) is 24.5 Å². The molecule has 0 saturated heterocycles. The first kappa shape index (κ1) is 12.8.